The fourth-order valence-electron chi connectivity index (χ4n) is 2.04. The predicted octanol–water partition coefficient (Wildman–Crippen LogP) is 5.30. The van der Waals surface area contributed by atoms with Gasteiger partial charge in [-0.25, -0.2) is 4.39 Å². The van der Waals surface area contributed by atoms with Gasteiger partial charge in [0.15, 0.2) is 0 Å². The minimum Gasteiger partial charge on any atom is -0.411 e. The Morgan fingerprint density at radius 2 is 1.81 bits per heavy atom. The number of rotatable bonds is 5. The molecular weight excluding hydrogens is 400 g/mol. The lowest BCUT2D eigenvalue weighted by Gasteiger charge is -2.10. The third-order valence-corrected chi connectivity index (χ3v) is 4.65. The summed E-state index contributed by atoms with van der Waals surface area (Å²) < 4.78 is 18.5. The van der Waals surface area contributed by atoms with E-state index < -0.39 is 5.25 Å². The maximum Gasteiger partial charge on any atom is 0.277 e. The van der Waals surface area contributed by atoms with Crippen molar-refractivity contribution in [3.05, 3.63) is 58.3 Å². The van der Waals surface area contributed by atoms with E-state index >= 15 is 0 Å². The lowest BCUT2D eigenvalue weighted by Crippen LogP contribution is -2.22. The van der Waals surface area contributed by atoms with Crippen molar-refractivity contribution in [2.75, 3.05) is 5.32 Å². The first-order valence-electron chi connectivity index (χ1n) is 7.44. The Morgan fingerprint density at radius 1 is 1.15 bits per heavy atom. The molecule has 1 N–H and O–H groups in total. The Labute approximate surface area is 162 Å². The number of carbonyl (C=O) groups excluding carboxylic acids is 1. The highest BCUT2D eigenvalue weighted by molar-refractivity contribution is 8.00. The monoisotopic (exact) mass is 411 g/mol. The van der Waals surface area contributed by atoms with Crippen molar-refractivity contribution in [3.8, 4) is 11.5 Å². The van der Waals surface area contributed by atoms with Crippen LogP contribution in [0.3, 0.4) is 0 Å². The van der Waals surface area contributed by atoms with Gasteiger partial charge in [-0.3, -0.25) is 4.79 Å². The van der Waals surface area contributed by atoms with E-state index in [-0.39, 0.29) is 22.8 Å². The first kappa shape index (κ1) is 18.7. The van der Waals surface area contributed by atoms with Crippen LogP contribution in [0, 0.1) is 5.82 Å². The number of amides is 1. The van der Waals surface area contributed by atoms with Crippen LogP contribution in [0.2, 0.25) is 10.0 Å². The Balaban J connectivity index is 1.65. The molecule has 3 aromatic rings. The van der Waals surface area contributed by atoms with Gasteiger partial charge in [0.25, 0.3) is 5.22 Å². The van der Waals surface area contributed by atoms with E-state index in [0.29, 0.717) is 21.3 Å². The standard InChI is InChI=1S/C17H12Cl2FN3O2S/c1-9(15(24)21-14-7-11(18)6-12(19)8-14)26-17-23-22-16(25-17)10-2-4-13(20)5-3-10/h2-9H,1H3,(H,21,24). The van der Waals surface area contributed by atoms with Crippen LogP contribution in [0.1, 0.15) is 6.92 Å². The molecular formula is C17H12Cl2FN3O2S. The van der Waals surface area contributed by atoms with Crippen molar-refractivity contribution >= 4 is 46.6 Å². The second kappa shape index (κ2) is 8.07. The van der Waals surface area contributed by atoms with Gasteiger partial charge in [0.1, 0.15) is 5.82 Å². The molecule has 2 aromatic carbocycles. The number of anilines is 1. The maximum absolute atomic E-state index is 13.0. The summed E-state index contributed by atoms with van der Waals surface area (Å²) in [6, 6.07) is 10.5. The predicted molar refractivity (Wildman–Crippen MR) is 100 cm³/mol. The molecule has 0 bridgehead atoms. The minimum absolute atomic E-state index is 0.233. The molecule has 1 atom stereocenters. The molecule has 1 unspecified atom stereocenters. The van der Waals surface area contributed by atoms with E-state index in [9.17, 15) is 9.18 Å². The number of thioether (sulfide) groups is 1. The maximum atomic E-state index is 13.0. The van der Waals surface area contributed by atoms with Crippen LogP contribution in [0.15, 0.2) is 52.1 Å². The SMILES string of the molecule is CC(Sc1nnc(-c2ccc(F)cc2)o1)C(=O)Nc1cc(Cl)cc(Cl)c1. The van der Waals surface area contributed by atoms with E-state index in [1.165, 1.54) is 24.3 Å². The third-order valence-electron chi connectivity index (χ3n) is 3.27. The van der Waals surface area contributed by atoms with Crippen LogP contribution < -0.4 is 5.32 Å². The summed E-state index contributed by atoms with van der Waals surface area (Å²) in [6.07, 6.45) is 0. The second-order valence-corrected chi connectivity index (χ2v) is 7.45. The van der Waals surface area contributed by atoms with Crippen LogP contribution in [-0.4, -0.2) is 21.4 Å². The summed E-state index contributed by atoms with van der Waals surface area (Å²) in [5, 5.41) is 11.1. The largest absolute Gasteiger partial charge is 0.411 e. The molecule has 0 radical (unpaired) electrons. The summed E-state index contributed by atoms with van der Waals surface area (Å²) in [5.74, 6) is -0.370. The van der Waals surface area contributed by atoms with Crippen molar-refractivity contribution in [1.82, 2.24) is 10.2 Å². The number of hydrogen-bond acceptors (Lipinski definition) is 5. The molecule has 9 heteroatoms. The summed E-state index contributed by atoms with van der Waals surface area (Å²) >= 11 is 12.9. The number of benzene rings is 2. The normalized spacial score (nSPS) is 12.0. The molecule has 0 fully saturated rings. The molecule has 1 aromatic heterocycles. The number of nitrogens with one attached hydrogen (secondary N) is 1. The van der Waals surface area contributed by atoms with Crippen molar-refractivity contribution in [2.45, 2.75) is 17.4 Å². The van der Waals surface area contributed by atoms with E-state index in [2.05, 4.69) is 15.5 Å². The number of aromatic nitrogens is 2. The third kappa shape index (κ3) is 4.75. The van der Waals surface area contributed by atoms with Crippen LogP contribution >= 0.6 is 35.0 Å². The Hall–Kier alpha value is -2.09. The zero-order chi connectivity index (χ0) is 18.7. The number of halogens is 3. The molecule has 0 spiro atoms. The summed E-state index contributed by atoms with van der Waals surface area (Å²) in [4.78, 5) is 12.3. The Kier molecular flexibility index (Phi) is 5.80. The molecule has 0 saturated heterocycles. The lowest BCUT2D eigenvalue weighted by molar-refractivity contribution is -0.115. The highest BCUT2D eigenvalue weighted by atomic mass is 35.5. The van der Waals surface area contributed by atoms with Crippen molar-refractivity contribution in [2.24, 2.45) is 0 Å². The van der Waals surface area contributed by atoms with Gasteiger partial charge in [-0.2, -0.15) is 0 Å². The fourth-order valence-corrected chi connectivity index (χ4v) is 3.25. The van der Waals surface area contributed by atoms with Gasteiger partial charge in [-0.15, -0.1) is 10.2 Å². The van der Waals surface area contributed by atoms with Gasteiger partial charge in [0.05, 0.1) is 5.25 Å². The average molecular weight is 412 g/mol. The molecule has 26 heavy (non-hydrogen) atoms. The van der Waals surface area contributed by atoms with E-state index in [0.717, 1.165) is 11.8 Å². The average Bonchev–Trinajstić information content (AvgIpc) is 3.03. The molecule has 0 aliphatic rings. The summed E-state index contributed by atoms with van der Waals surface area (Å²) in [6.45, 7) is 1.70. The minimum atomic E-state index is -0.505. The zero-order valence-corrected chi connectivity index (χ0v) is 15.7. The first-order valence-corrected chi connectivity index (χ1v) is 9.07. The highest BCUT2D eigenvalue weighted by Crippen LogP contribution is 2.28. The number of carbonyl (C=O) groups is 1. The summed E-state index contributed by atoms with van der Waals surface area (Å²) in [7, 11) is 0. The molecule has 0 aliphatic heterocycles. The molecule has 0 saturated carbocycles. The van der Waals surface area contributed by atoms with Crippen LogP contribution in [0.25, 0.3) is 11.5 Å². The fraction of sp³-hybridized carbons (Fsp3) is 0.118. The molecule has 0 aliphatic carbocycles. The number of hydrogen-bond donors (Lipinski definition) is 1. The van der Waals surface area contributed by atoms with Gasteiger partial charge in [-0.05, 0) is 49.4 Å². The lowest BCUT2D eigenvalue weighted by atomic mass is 10.2. The molecule has 3 rings (SSSR count). The first-order chi connectivity index (χ1) is 12.4. The van der Waals surface area contributed by atoms with E-state index in [1.807, 2.05) is 0 Å². The summed E-state index contributed by atoms with van der Waals surface area (Å²) in [5.41, 5.74) is 1.09. The molecule has 1 amide bonds. The topological polar surface area (TPSA) is 68.0 Å². The van der Waals surface area contributed by atoms with E-state index in [4.69, 9.17) is 27.6 Å². The van der Waals surface area contributed by atoms with Crippen molar-refractivity contribution < 1.29 is 13.6 Å². The van der Waals surface area contributed by atoms with Gasteiger partial charge in [0.2, 0.25) is 11.8 Å². The van der Waals surface area contributed by atoms with E-state index in [1.54, 1.807) is 25.1 Å². The number of nitrogens with zero attached hydrogens (tertiary/aromatic N) is 2. The molecule has 5 nitrogen and oxygen atoms in total. The molecule has 1 heterocycles. The second-order valence-electron chi connectivity index (χ2n) is 5.29. The van der Waals surface area contributed by atoms with Crippen LogP contribution in [0.5, 0.6) is 0 Å². The quantitative estimate of drug-likeness (QED) is 0.576. The Morgan fingerprint density at radius 3 is 2.46 bits per heavy atom. The zero-order valence-electron chi connectivity index (χ0n) is 13.4. The van der Waals surface area contributed by atoms with Gasteiger partial charge >= 0.3 is 0 Å². The van der Waals surface area contributed by atoms with Crippen molar-refractivity contribution in [3.63, 3.8) is 0 Å². The van der Waals surface area contributed by atoms with Crippen LogP contribution in [0.4, 0.5) is 10.1 Å². The van der Waals surface area contributed by atoms with Gasteiger partial charge in [0, 0.05) is 21.3 Å². The smallest absolute Gasteiger partial charge is 0.277 e. The highest BCUT2D eigenvalue weighted by Gasteiger charge is 2.19. The van der Waals surface area contributed by atoms with Gasteiger partial charge < -0.3 is 9.73 Å². The van der Waals surface area contributed by atoms with Crippen LogP contribution in [-0.2, 0) is 4.79 Å². The van der Waals surface area contributed by atoms with Crippen molar-refractivity contribution in [1.29, 1.82) is 0 Å². The molecule has 134 valence electrons. The van der Waals surface area contributed by atoms with Gasteiger partial charge in [-0.1, -0.05) is 35.0 Å². The Bertz CT molecular complexity index is 914.